The van der Waals surface area contributed by atoms with Crippen LogP contribution in [0.2, 0.25) is 0 Å². The van der Waals surface area contributed by atoms with Gasteiger partial charge in [-0.25, -0.2) is 4.79 Å². The van der Waals surface area contributed by atoms with E-state index in [-0.39, 0.29) is 12.6 Å². The fraction of sp³-hybridized carbons (Fsp3) is 0.429. The monoisotopic (exact) mass is 262 g/mol. The first kappa shape index (κ1) is 13.4. The van der Waals surface area contributed by atoms with Gasteiger partial charge in [0.2, 0.25) is 0 Å². The number of benzene rings is 1. The smallest absolute Gasteiger partial charge is 0.325 e. The van der Waals surface area contributed by atoms with E-state index >= 15 is 0 Å². The number of hydrogen-bond acceptors (Lipinski definition) is 2. The number of hydrogen-bond donors (Lipinski definition) is 1. The number of carbonyl (C=O) groups is 2. The van der Waals surface area contributed by atoms with Gasteiger partial charge in [0, 0.05) is 18.8 Å². The third-order valence-electron chi connectivity index (χ3n) is 3.29. The summed E-state index contributed by atoms with van der Waals surface area (Å²) in [4.78, 5) is 26.4. The van der Waals surface area contributed by atoms with Crippen molar-refractivity contribution in [3.8, 4) is 0 Å². The number of aliphatic carboxylic acids is 1. The van der Waals surface area contributed by atoms with Gasteiger partial charge in [-0.3, -0.25) is 9.69 Å². The molecule has 19 heavy (non-hydrogen) atoms. The maximum Gasteiger partial charge on any atom is 0.325 e. The third kappa shape index (κ3) is 3.24. The minimum atomic E-state index is -1.01. The van der Waals surface area contributed by atoms with E-state index in [1.807, 2.05) is 6.07 Å². The molecule has 1 aromatic rings. The Kier molecular flexibility index (Phi) is 4.04. The lowest BCUT2D eigenvalue weighted by molar-refractivity contribution is -0.135. The Bertz CT molecular complexity index is 461. The van der Waals surface area contributed by atoms with Crippen LogP contribution in [-0.4, -0.2) is 41.6 Å². The molecule has 1 aromatic carbocycles. The highest BCUT2D eigenvalue weighted by Crippen LogP contribution is 2.20. The summed E-state index contributed by atoms with van der Waals surface area (Å²) in [5.41, 5.74) is 0.620. The first-order valence-corrected chi connectivity index (χ1v) is 6.41. The fourth-order valence-corrected chi connectivity index (χ4v) is 2.29. The van der Waals surface area contributed by atoms with E-state index in [1.165, 1.54) is 4.90 Å². The second-order valence-corrected chi connectivity index (χ2v) is 4.94. The second-order valence-electron chi connectivity index (χ2n) is 4.94. The van der Waals surface area contributed by atoms with Crippen LogP contribution in [0.1, 0.15) is 13.3 Å². The summed E-state index contributed by atoms with van der Waals surface area (Å²) in [6.45, 7) is 3.18. The SMILES string of the molecule is CC1CCN(C(=O)N(CC(=O)O)c2ccccc2)C1. The summed E-state index contributed by atoms with van der Waals surface area (Å²) < 4.78 is 0. The molecule has 0 aromatic heterocycles. The van der Waals surface area contributed by atoms with Crippen LogP contribution >= 0.6 is 0 Å². The van der Waals surface area contributed by atoms with Crippen molar-refractivity contribution in [2.75, 3.05) is 24.5 Å². The first-order chi connectivity index (χ1) is 9.08. The molecule has 5 nitrogen and oxygen atoms in total. The molecular weight excluding hydrogens is 244 g/mol. The number of carboxylic acid groups (broad SMARTS) is 1. The Hall–Kier alpha value is -2.04. The van der Waals surface area contributed by atoms with E-state index in [1.54, 1.807) is 29.2 Å². The van der Waals surface area contributed by atoms with Crippen molar-refractivity contribution in [3.63, 3.8) is 0 Å². The van der Waals surface area contributed by atoms with Gasteiger partial charge in [-0.05, 0) is 24.5 Å². The quantitative estimate of drug-likeness (QED) is 0.906. The van der Waals surface area contributed by atoms with Gasteiger partial charge in [-0.1, -0.05) is 25.1 Å². The van der Waals surface area contributed by atoms with E-state index in [0.29, 0.717) is 24.7 Å². The number of urea groups is 1. The Labute approximate surface area is 112 Å². The number of anilines is 1. The number of likely N-dealkylation sites (tertiary alicyclic amines) is 1. The minimum absolute atomic E-state index is 0.224. The molecule has 5 heteroatoms. The van der Waals surface area contributed by atoms with E-state index in [4.69, 9.17) is 5.11 Å². The number of nitrogens with zero attached hydrogens (tertiary/aromatic N) is 2. The van der Waals surface area contributed by atoms with E-state index in [0.717, 1.165) is 6.42 Å². The Balaban J connectivity index is 2.18. The molecule has 0 spiro atoms. The molecule has 2 rings (SSSR count). The summed E-state index contributed by atoms with van der Waals surface area (Å²) in [5.74, 6) is -0.532. The molecule has 1 atom stereocenters. The summed E-state index contributed by atoms with van der Waals surface area (Å²) >= 11 is 0. The van der Waals surface area contributed by atoms with Gasteiger partial charge in [0.05, 0.1) is 0 Å². The van der Waals surface area contributed by atoms with Crippen molar-refractivity contribution >= 4 is 17.7 Å². The van der Waals surface area contributed by atoms with Gasteiger partial charge in [0.15, 0.2) is 0 Å². The van der Waals surface area contributed by atoms with Crippen LogP contribution in [0, 0.1) is 5.92 Å². The third-order valence-corrected chi connectivity index (χ3v) is 3.29. The molecule has 0 saturated carbocycles. The number of rotatable bonds is 3. The van der Waals surface area contributed by atoms with Gasteiger partial charge in [-0.15, -0.1) is 0 Å². The van der Waals surface area contributed by atoms with Crippen LogP contribution in [0.4, 0.5) is 10.5 Å². The number of carbonyl (C=O) groups excluding carboxylic acids is 1. The van der Waals surface area contributed by atoms with Crippen LogP contribution in [0.15, 0.2) is 30.3 Å². The molecule has 0 bridgehead atoms. The second kappa shape index (κ2) is 5.73. The van der Waals surface area contributed by atoms with Crippen LogP contribution in [0.3, 0.4) is 0 Å². The average Bonchev–Trinajstić information content (AvgIpc) is 2.83. The Morgan fingerprint density at radius 2 is 2.05 bits per heavy atom. The zero-order chi connectivity index (χ0) is 13.8. The number of amides is 2. The molecule has 0 aliphatic carbocycles. The summed E-state index contributed by atoms with van der Waals surface area (Å²) in [5, 5.41) is 8.98. The Morgan fingerprint density at radius 3 is 2.58 bits per heavy atom. The van der Waals surface area contributed by atoms with Crippen LogP contribution in [0.5, 0.6) is 0 Å². The highest BCUT2D eigenvalue weighted by molar-refractivity contribution is 5.96. The van der Waals surface area contributed by atoms with Gasteiger partial charge < -0.3 is 10.0 Å². The lowest BCUT2D eigenvalue weighted by atomic mass is 10.2. The van der Waals surface area contributed by atoms with Crippen molar-refractivity contribution in [3.05, 3.63) is 30.3 Å². The lowest BCUT2D eigenvalue weighted by Gasteiger charge is -2.26. The predicted molar refractivity (Wildman–Crippen MR) is 72.2 cm³/mol. The summed E-state index contributed by atoms with van der Waals surface area (Å²) in [6, 6.07) is 8.71. The molecule has 1 saturated heterocycles. The number of para-hydroxylation sites is 1. The van der Waals surface area contributed by atoms with Crippen LogP contribution in [-0.2, 0) is 4.79 Å². The lowest BCUT2D eigenvalue weighted by Crippen LogP contribution is -2.44. The Morgan fingerprint density at radius 1 is 1.37 bits per heavy atom. The largest absolute Gasteiger partial charge is 0.480 e. The van der Waals surface area contributed by atoms with Crippen LogP contribution in [0.25, 0.3) is 0 Å². The number of carboxylic acids is 1. The maximum atomic E-state index is 12.4. The highest BCUT2D eigenvalue weighted by atomic mass is 16.4. The van der Waals surface area contributed by atoms with Crippen molar-refractivity contribution in [1.29, 1.82) is 0 Å². The van der Waals surface area contributed by atoms with Gasteiger partial charge in [0.25, 0.3) is 0 Å². The molecule has 102 valence electrons. The fourth-order valence-electron chi connectivity index (χ4n) is 2.29. The minimum Gasteiger partial charge on any atom is -0.480 e. The molecule has 1 aliphatic heterocycles. The maximum absolute atomic E-state index is 12.4. The van der Waals surface area contributed by atoms with Gasteiger partial charge >= 0.3 is 12.0 Å². The molecule has 1 fully saturated rings. The van der Waals surface area contributed by atoms with Crippen molar-refractivity contribution in [2.24, 2.45) is 5.92 Å². The van der Waals surface area contributed by atoms with Gasteiger partial charge in [0.1, 0.15) is 6.54 Å². The molecular formula is C14H18N2O3. The van der Waals surface area contributed by atoms with E-state index in [9.17, 15) is 9.59 Å². The molecule has 0 radical (unpaired) electrons. The molecule has 1 aliphatic rings. The van der Waals surface area contributed by atoms with Crippen LogP contribution < -0.4 is 4.90 Å². The average molecular weight is 262 g/mol. The van der Waals surface area contributed by atoms with E-state index in [2.05, 4.69) is 6.92 Å². The zero-order valence-corrected chi connectivity index (χ0v) is 11.0. The highest BCUT2D eigenvalue weighted by Gasteiger charge is 2.28. The summed E-state index contributed by atoms with van der Waals surface area (Å²) in [7, 11) is 0. The molecule has 2 amide bonds. The van der Waals surface area contributed by atoms with E-state index < -0.39 is 5.97 Å². The van der Waals surface area contributed by atoms with Crippen molar-refractivity contribution in [2.45, 2.75) is 13.3 Å². The zero-order valence-electron chi connectivity index (χ0n) is 11.0. The standard InChI is InChI=1S/C14H18N2O3/c1-11-7-8-15(9-11)14(19)16(10-13(17)18)12-5-3-2-4-6-12/h2-6,11H,7-10H2,1H3,(H,17,18). The normalized spacial score (nSPS) is 18.4. The first-order valence-electron chi connectivity index (χ1n) is 6.41. The molecule has 1 unspecified atom stereocenters. The van der Waals surface area contributed by atoms with Gasteiger partial charge in [-0.2, -0.15) is 0 Å². The summed E-state index contributed by atoms with van der Waals surface area (Å²) in [6.07, 6.45) is 0.974. The molecule has 1 heterocycles. The predicted octanol–water partition coefficient (Wildman–Crippen LogP) is 2.04. The molecule has 1 N–H and O–H groups in total. The van der Waals surface area contributed by atoms with Crippen molar-refractivity contribution in [1.82, 2.24) is 4.90 Å². The topological polar surface area (TPSA) is 60.9 Å². The van der Waals surface area contributed by atoms with Crippen molar-refractivity contribution < 1.29 is 14.7 Å².